The Hall–Kier alpha value is -1.40. The topological polar surface area (TPSA) is 84.6 Å². The molecule has 1 heterocycles. The first-order valence-corrected chi connectivity index (χ1v) is 4.59. The number of rotatable bonds is 4. The van der Waals surface area contributed by atoms with Crippen molar-refractivity contribution in [3.05, 3.63) is 17.5 Å². The van der Waals surface area contributed by atoms with E-state index in [1.807, 2.05) is 0 Å². The van der Waals surface area contributed by atoms with E-state index in [2.05, 4.69) is 5.10 Å². The summed E-state index contributed by atoms with van der Waals surface area (Å²) in [6.45, 7) is 1.46. The quantitative estimate of drug-likeness (QED) is 0.667. The number of carbonyl (C=O) groups is 1. The van der Waals surface area contributed by atoms with E-state index in [0.29, 0.717) is 0 Å². The first kappa shape index (κ1) is 11.7. The van der Waals surface area contributed by atoms with Gasteiger partial charge >= 0.3 is 5.97 Å². The summed E-state index contributed by atoms with van der Waals surface area (Å²) in [4.78, 5) is 11.4. The molecule has 1 aromatic heterocycles. The van der Waals surface area contributed by atoms with Crippen molar-refractivity contribution in [3.63, 3.8) is 0 Å². The summed E-state index contributed by atoms with van der Waals surface area (Å²) in [5.74, 6) is -0.597. The zero-order chi connectivity index (χ0) is 11.4. The number of carbonyl (C=O) groups excluding carboxylic acids is 1. The third-order valence-electron chi connectivity index (χ3n) is 1.86. The molecule has 0 aromatic carbocycles. The molecule has 15 heavy (non-hydrogen) atoms. The number of aliphatic hydroxyl groups excluding tert-OH is 2. The van der Waals surface area contributed by atoms with Crippen LogP contribution >= 0.6 is 0 Å². The van der Waals surface area contributed by atoms with Gasteiger partial charge in [0.25, 0.3) is 0 Å². The third-order valence-corrected chi connectivity index (χ3v) is 1.86. The van der Waals surface area contributed by atoms with Crippen molar-refractivity contribution in [2.24, 2.45) is 7.05 Å². The maximum Gasteiger partial charge on any atom is 0.359 e. The summed E-state index contributed by atoms with van der Waals surface area (Å²) < 4.78 is 6.16. The summed E-state index contributed by atoms with van der Waals surface area (Å²) in [5.41, 5.74) is 0.319. The highest BCUT2D eigenvalue weighted by molar-refractivity contribution is 5.88. The molecule has 0 aliphatic heterocycles. The SMILES string of the molecule is CCOC(=O)c1nn(C)cc1C(O)CO. The maximum atomic E-state index is 11.4. The van der Waals surface area contributed by atoms with E-state index in [-0.39, 0.29) is 17.9 Å². The molecule has 0 spiro atoms. The molecular weight excluding hydrogens is 200 g/mol. The molecule has 0 aliphatic carbocycles. The van der Waals surface area contributed by atoms with Crippen LogP contribution in [0.3, 0.4) is 0 Å². The first-order chi connectivity index (χ1) is 7.10. The molecule has 1 unspecified atom stereocenters. The molecule has 0 fully saturated rings. The van der Waals surface area contributed by atoms with E-state index in [4.69, 9.17) is 9.84 Å². The van der Waals surface area contributed by atoms with Gasteiger partial charge in [0, 0.05) is 18.8 Å². The van der Waals surface area contributed by atoms with Crippen molar-refractivity contribution in [1.82, 2.24) is 9.78 Å². The molecule has 6 nitrogen and oxygen atoms in total. The van der Waals surface area contributed by atoms with Crippen LogP contribution in [0.5, 0.6) is 0 Å². The van der Waals surface area contributed by atoms with Crippen molar-refractivity contribution in [2.75, 3.05) is 13.2 Å². The van der Waals surface area contributed by atoms with Crippen LogP contribution in [0.1, 0.15) is 29.1 Å². The molecular formula is C9H14N2O4. The standard InChI is InChI=1S/C9H14N2O4/c1-3-15-9(14)8-6(7(13)5-12)4-11(2)10-8/h4,7,12-13H,3,5H2,1-2H3. The largest absolute Gasteiger partial charge is 0.461 e. The van der Waals surface area contributed by atoms with Crippen molar-refractivity contribution < 1.29 is 19.7 Å². The van der Waals surface area contributed by atoms with Gasteiger partial charge in [-0.05, 0) is 6.92 Å². The normalized spacial score (nSPS) is 12.5. The number of hydrogen-bond donors (Lipinski definition) is 2. The number of esters is 1. The Balaban J connectivity index is 3.00. The van der Waals surface area contributed by atoms with Crippen LogP contribution < -0.4 is 0 Å². The van der Waals surface area contributed by atoms with Gasteiger partial charge in [0.15, 0.2) is 5.69 Å². The van der Waals surface area contributed by atoms with Gasteiger partial charge in [0.2, 0.25) is 0 Å². The molecule has 6 heteroatoms. The zero-order valence-corrected chi connectivity index (χ0v) is 8.67. The zero-order valence-electron chi connectivity index (χ0n) is 8.67. The van der Waals surface area contributed by atoms with Crippen LogP contribution in [-0.4, -0.2) is 39.2 Å². The Morgan fingerprint density at radius 1 is 1.73 bits per heavy atom. The van der Waals surface area contributed by atoms with Crippen molar-refractivity contribution in [1.29, 1.82) is 0 Å². The molecule has 0 bridgehead atoms. The number of nitrogens with zero attached hydrogens (tertiary/aromatic N) is 2. The van der Waals surface area contributed by atoms with E-state index < -0.39 is 18.7 Å². The van der Waals surface area contributed by atoms with Gasteiger partial charge < -0.3 is 14.9 Å². The van der Waals surface area contributed by atoms with E-state index in [0.717, 1.165) is 0 Å². The number of hydrogen-bond acceptors (Lipinski definition) is 5. The first-order valence-electron chi connectivity index (χ1n) is 4.59. The Labute approximate surface area is 87.1 Å². The Bertz CT molecular complexity index is 348. The third kappa shape index (κ3) is 2.54. The molecule has 0 radical (unpaired) electrons. The lowest BCUT2D eigenvalue weighted by atomic mass is 10.1. The molecule has 0 saturated carbocycles. The molecule has 0 saturated heterocycles. The van der Waals surface area contributed by atoms with Gasteiger partial charge in [-0.3, -0.25) is 4.68 Å². The molecule has 1 atom stereocenters. The fourth-order valence-corrected chi connectivity index (χ4v) is 1.21. The van der Waals surface area contributed by atoms with Crippen LogP contribution in [0.2, 0.25) is 0 Å². The second kappa shape index (κ2) is 4.90. The predicted molar refractivity (Wildman–Crippen MR) is 51.2 cm³/mol. The Kier molecular flexibility index (Phi) is 3.81. The van der Waals surface area contributed by atoms with Crippen LogP contribution in [-0.2, 0) is 11.8 Å². The second-order valence-electron chi connectivity index (χ2n) is 3.03. The van der Waals surface area contributed by atoms with Gasteiger partial charge in [0.05, 0.1) is 13.2 Å². The summed E-state index contributed by atoms with van der Waals surface area (Å²) >= 11 is 0. The van der Waals surface area contributed by atoms with Crippen molar-refractivity contribution >= 4 is 5.97 Å². The molecule has 2 N–H and O–H groups in total. The van der Waals surface area contributed by atoms with Crippen LogP contribution in [0.4, 0.5) is 0 Å². The maximum absolute atomic E-state index is 11.4. The van der Waals surface area contributed by atoms with Crippen LogP contribution in [0, 0.1) is 0 Å². The van der Waals surface area contributed by atoms with Crippen LogP contribution in [0.15, 0.2) is 6.20 Å². The minimum Gasteiger partial charge on any atom is -0.461 e. The van der Waals surface area contributed by atoms with Gasteiger partial charge in [-0.2, -0.15) is 5.10 Å². The molecule has 0 amide bonds. The Morgan fingerprint density at radius 3 is 2.93 bits per heavy atom. The number of aromatic nitrogens is 2. The average molecular weight is 214 g/mol. The summed E-state index contributed by atoms with van der Waals surface area (Å²) in [6.07, 6.45) is 0.366. The van der Waals surface area contributed by atoms with Crippen LogP contribution in [0.25, 0.3) is 0 Å². The second-order valence-corrected chi connectivity index (χ2v) is 3.03. The summed E-state index contributed by atoms with van der Waals surface area (Å²) in [5, 5.41) is 22.1. The molecule has 0 aliphatic rings. The van der Waals surface area contributed by atoms with Crippen molar-refractivity contribution in [3.8, 4) is 0 Å². The minimum atomic E-state index is -1.11. The number of aryl methyl sites for hydroxylation is 1. The number of aliphatic hydroxyl groups is 2. The highest BCUT2D eigenvalue weighted by Gasteiger charge is 2.21. The Morgan fingerprint density at radius 2 is 2.40 bits per heavy atom. The molecule has 1 rings (SSSR count). The lowest BCUT2D eigenvalue weighted by Crippen LogP contribution is -2.12. The monoisotopic (exact) mass is 214 g/mol. The highest BCUT2D eigenvalue weighted by atomic mass is 16.5. The fraction of sp³-hybridized carbons (Fsp3) is 0.556. The lowest BCUT2D eigenvalue weighted by Gasteiger charge is -2.06. The highest BCUT2D eigenvalue weighted by Crippen LogP contribution is 2.16. The average Bonchev–Trinajstić information content (AvgIpc) is 2.59. The number of ether oxygens (including phenoxy) is 1. The van der Waals surface area contributed by atoms with E-state index >= 15 is 0 Å². The van der Waals surface area contributed by atoms with E-state index in [9.17, 15) is 9.90 Å². The minimum absolute atomic E-state index is 0.0425. The smallest absolute Gasteiger partial charge is 0.359 e. The molecule has 84 valence electrons. The van der Waals surface area contributed by atoms with E-state index in [1.54, 1.807) is 14.0 Å². The predicted octanol–water partition coefficient (Wildman–Crippen LogP) is -0.377. The molecule has 1 aromatic rings. The fourth-order valence-electron chi connectivity index (χ4n) is 1.21. The summed E-state index contributed by atoms with van der Waals surface area (Å²) in [7, 11) is 1.62. The van der Waals surface area contributed by atoms with Gasteiger partial charge in [-0.25, -0.2) is 4.79 Å². The van der Waals surface area contributed by atoms with Crippen molar-refractivity contribution in [2.45, 2.75) is 13.0 Å². The van der Waals surface area contributed by atoms with E-state index in [1.165, 1.54) is 10.9 Å². The lowest BCUT2D eigenvalue weighted by molar-refractivity contribution is 0.0503. The van der Waals surface area contributed by atoms with Gasteiger partial charge in [-0.1, -0.05) is 0 Å². The van der Waals surface area contributed by atoms with Gasteiger partial charge in [-0.15, -0.1) is 0 Å². The van der Waals surface area contributed by atoms with Gasteiger partial charge in [0.1, 0.15) is 6.10 Å². The summed E-state index contributed by atoms with van der Waals surface area (Å²) in [6, 6.07) is 0.